The maximum Gasteiger partial charge on any atom is 0.335 e. The smallest absolute Gasteiger partial charge is 0.335 e. The lowest BCUT2D eigenvalue weighted by atomic mass is 10.1. The number of hydrogen-bond donors (Lipinski definition) is 4. The minimum Gasteiger partial charge on any atom is -0.496 e. The van der Waals surface area contributed by atoms with Crippen molar-refractivity contribution >= 4 is 35.1 Å². The summed E-state index contributed by atoms with van der Waals surface area (Å²) in [7, 11) is 1.24. The number of carboxylic acids is 2. The van der Waals surface area contributed by atoms with Crippen molar-refractivity contribution in [1.82, 2.24) is 0 Å². The number of carbonyl (C=O) groups is 4. The molecule has 9 nitrogen and oxygen atoms in total. The number of ether oxygens (including phenoxy) is 1. The fraction of sp³-hybridized carbons (Fsp3) is 0.0435. The van der Waals surface area contributed by atoms with Gasteiger partial charge in [0.2, 0.25) is 0 Å². The molecule has 0 atom stereocenters. The summed E-state index contributed by atoms with van der Waals surface area (Å²) >= 11 is 0. The van der Waals surface area contributed by atoms with Crippen LogP contribution in [-0.2, 0) is 0 Å². The summed E-state index contributed by atoms with van der Waals surface area (Å²) < 4.78 is 32.5. The molecule has 2 amide bonds. The van der Waals surface area contributed by atoms with Crippen LogP contribution in [0.1, 0.15) is 41.4 Å². The molecule has 0 bridgehead atoms. The van der Waals surface area contributed by atoms with Crippen LogP contribution in [0.15, 0.2) is 54.6 Å². The number of carbonyl (C=O) groups excluding carboxylic acids is 2. The largest absolute Gasteiger partial charge is 0.496 e. The predicted octanol–water partition coefficient (Wildman–Crippen LogP) is 3.87. The van der Waals surface area contributed by atoms with Gasteiger partial charge in [-0.25, -0.2) is 18.4 Å². The van der Waals surface area contributed by atoms with Crippen LogP contribution in [-0.4, -0.2) is 41.1 Å². The lowest BCUT2D eigenvalue weighted by Gasteiger charge is -2.12. The first-order valence-corrected chi connectivity index (χ1v) is 9.46. The Kier molecular flexibility index (Phi) is 6.86. The molecule has 11 heteroatoms. The van der Waals surface area contributed by atoms with Gasteiger partial charge >= 0.3 is 11.9 Å². The molecule has 174 valence electrons. The second kappa shape index (κ2) is 9.77. The third-order valence-corrected chi connectivity index (χ3v) is 4.51. The molecule has 0 fully saturated rings. The first kappa shape index (κ1) is 23.9. The highest BCUT2D eigenvalue weighted by Crippen LogP contribution is 2.24. The highest BCUT2D eigenvalue weighted by Gasteiger charge is 2.18. The van der Waals surface area contributed by atoms with Crippen molar-refractivity contribution in [2.45, 2.75) is 0 Å². The van der Waals surface area contributed by atoms with Gasteiger partial charge in [0, 0.05) is 16.9 Å². The minimum absolute atomic E-state index is 0.00783. The van der Waals surface area contributed by atoms with Gasteiger partial charge < -0.3 is 25.6 Å². The van der Waals surface area contributed by atoms with Crippen molar-refractivity contribution in [2.75, 3.05) is 17.7 Å². The van der Waals surface area contributed by atoms with Gasteiger partial charge in [-0.3, -0.25) is 9.59 Å². The molecule has 0 radical (unpaired) electrons. The van der Waals surface area contributed by atoms with Crippen LogP contribution in [0.25, 0.3) is 0 Å². The Morgan fingerprint density at radius 2 is 1.21 bits per heavy atom. The molecule has 3 aromatic carbocycles. The van der Waals surface area contributed by atoms with E-state index in [0.29, 0.717) is 0 Å². The Labute approximate surface area is 190 Å². The number of aromatic carboxylic acids is 2. The standard InChI is InChI=1S/C23H16F2N2O7/c1-34-19-8-11(20(28)26-16-6-12(22(30)31)4-14(24)9-16)2-3-18(19)21(29)27-17-7-13(23(32)33)5-15(25)10-17/h2-10H,1H3,(H,26,28)(H,27,29)(H,30,31)(H,32,33). The number of hydrogen-bond acceptors (Lipinski definition) is 5. The maximum absolute atomic E-state index is 13.7. The monoisotopic (exact) mass is 470 g/mol. The lowest BCUT2D eigenvalue weighted by Crippen LogP contribution is -2.16. The van der Waals surface area contributed by atoms with Crippen LogP contribution in [0, 0.1) is 11.6 Å². The molecule has 0 aliphatic carbocycles. The lowest BCUT2D eigenvalue weighted by molar-refractivity contribution is 0.0685. The van der Waals surface area contributed by atoms with Crippen molar-refractivity contribution in [3.05, 3.63) is 88.5 Å². The van der Waals surface area contributed by atoms with Crippen LogP contribution in [0.5, 0.6) is 5.75 Å². The van der Waals surface area contributed by atoms with Gasteiger partial charge in [0.05, 0.1) is 23.8 Å². The number of rotatable bonds is 7. The van der Waals surface area contributed by atoms with E-state index in [9.17, 15) is 28.0 Å². The number of halogens is 2. The molecule has 0 unspecified atom stereocenters. The number of anilines is 2. The fourth-order valence-electron chi connectivity index (χ4n) is 2.99. The van der Waals surface area contributed by atoms with Gasteiger partial charge in [-0.1, -0.05) is 0 Å². The number of methoxy groups -OCH3 is 1. The molecule has 0 aliphatic rings. The fourth-order valence-corrected chi connectivity index (χ4v) is 2.99. The maximum atomic E-state index is 13.7. The summed E-state index contributed by atoms with van der Waals surface area (Å²) in [5.41, 5.74) is -0.955. The van der Waals surface area contributed by atoms with Gasteiger partial charge in [0.25, 0.3) is 11.8 Å². The van der Waals surface area contributed by atoms with E-state index in [-0.39, 0.29) is 39.4 Å². The molecular formula is C23H16F2N2O7. The minimum atomic E-state index is -1.38. The van der Waals surface area contributed by atoms with Crippen molar-refractivity contribution in [2.24, 2.45) is 0 Å². The van der Waals surface area contributed by atoms with Crippen LogP contribution in [0.3, 0.4) is 0 Å². The molecule has 3 rings (SSSR count). The van der Waals surface area contributed by atoms with E-state index in [4.69, 9.17) is 14.9 Å². The SMILES string of the molecule is COc1cc(C(=O)Nc2cc(F)cc(C(=O)O)c2)ccc1C(=O)Nc1cc(F)cc(C(=O)O)c1. The second-order valence-corrected chi connectivity index (χ2v) is 6.89. The van der Waals surface area contributed by atoms with E-state index < -0.39 is 35.4 Å². The number of nitrogens with one attached hydrogen (secondary N) is 2. The first-order chi connectivity index (χ1) is 16.1. The van der Waals surface area contributed by atoms with Gasteiger partial charge in [-0.2, -0.15) is 0 Å². The quantitative estimate of drug-likeness (QED) is 0.411. The summed E-state index contributed by atoms with van der Waals surface area (Å²) in [5, 5.41) is 22.8. The van der Waals surface area contributed by atoms with Crippen LogP contribution >= 0.6 is 0 Å². The molecular weight excluding hydrogens is 454 g/mol. The summed E-state index contributed by atoms with van der Waals surface area (Å²) in [6, 6.07) is 9.34. The zero-order chi connectivity index (χ0) is 25.0. The zero-order valence-corrected chi connectivity index (χ0v) is 17.4. The van der Waals surface area contributed by atoms with Crippen molar-refractivity contribution in [3.8, 4) is 5.75 Å². The summed E-state index contributed by atoms with van der Waals surface area (Å²) in [4.78, 5) is 47.3. The molecule has 0 heterocycles. The van der Waals surface area contributed by atoms with E-state index in [1.165, 1.54) is 25.3 Å². The average molecular weight is 470 g/mol. The van der Waals surface area contributed by atoms with Crippen LogP contribution in [0.4, 0.5) is 20.2 Å². The van der Waals surface area contributed by atoms with Crippen molar-refractivity contribution in [3.63, 3.8) is 0 Å². The van der Waals surface area contributed by atoms with Crippen molar-refractivity contribution in [1.29, 1.82) is 0 Å². The van der Waals surface area contributed by atoms with Gasteiger partial charge in [-0.05, 0) is 54.6 Å². The molecule has 0 aromatic heterocycles. The molecule has 0 spiro atoms. The average Bonchev–Trinajstić information content (AvgIpc) is 2.77. The molecule has 3 aromatic rings. The second-order valence-electron chi connectivity index (χ2n) is 6.89. The first-order valence-electron chi connectivity index (χ1n) is 9.46. The summed E-state index contributed by atoms with van der Waals surface area (Å²) in [5.74, 6) is -6.01. The Bertz CT molecular complexity index is 1320. The van der Waals surface area contributed by atoms with E-state index >= 15 is 0 Å². The highest BCUT2D eigenvalue weighted by molar-refractivity contribution is 6.09. The molecule has 0 saturated carbocycles. The number of benzene rings is 3. The van der Waals surface area contributed by atoms with Gasteiger partial charge in [-0.15, -0.1) is 0 Å². The summed E-state index contributed by atoms with van der Waals surface area (Å²) in [6.07, 6.45) is 0. The molecule has 0 saturated heterocycles. The Morgan fingerprint density at radius 3 is 1.68 bits per heavy atom. The van der Waals surface area contributed by atoms with E-state index in [2.05, 4.69) is 10.6 Å². The van der Waals surface area contributed by atoms with E-state index in [1.54, 1.807) is 0 Å². The van der Waals surface area contributed by atoms with Gasteiger partial charge in [0.15, 0.2) is 0 Å². The Balaban J connectivity index is 1.83. The summed E-state index contributed by atoms with van der Waals surface area (Å²) in [6.45, 7) is 0. The van der Waals surface area contributed by atoms with Crippen molar-refractivity contribution < 1.29 is 42.9 Å². The van der Waals surface area contributed by atoms with E-state index in [1.807, 2.05) is 0 Å². The van der Waals surface area contributed by atoms with E-state index in [0.717, 1.165) is 36.4 Å². The zero-order valence-electron chi connectivity index (χ0n) is 17.4. The van der Waals surface area contributed by atoms with Gasteiger partial charge in [0.1, 0.15) is 17.4 Å². The normalized spacial score (nSPS) is 10.3. The molecule has 4 N–H and O–H groups in total. The predicted molar refractivity (Wildman–Crippen MR) is 116 cm³/mol. The Hall–Kier alpha value is -4.80. The molecule has 0 aliphatic heterocycles. The van der Waals surface area contributed by atoms with Crippen LogP contribution in [0.2, 0.25) is 0 Å². The highest BCUT2D eigenvalue weighted by atomic mass is 19.1. The Morgan fingerprint density at radius 1 is 0.706 bits per heavy atom. The molecule has 34 heavy (non-hydrogen) atoms. The number of carboxylic acid groups (broad SMARTS) is 2. The number of amides is 2. The van der Waals surface area contributed by atoms with Crippen LogP contribution < -0.4 is 15.4 Å². The topological polar surface area (TPSA) is 142 Å². The third kappa shape index (κ3) is 5.51. The third-order valence-electron chi connectivity index (χ3n) is 4.51.